The molecule has 0 saturated heterocycles. The third-order valence-electron chi connectivity index (χ3n) is 2.23. The summed E-state index contributed by atoms with van der Waals surface area (Å²) in [7, 11) is 0. The van der Waals surface area contributed by atoms with E-state index in [9.17, 15) is 4.39 Å². The van der Waals surface area contributed by atoms with E-state index in [0.29, 0.717) is 19.0 Å². The number of nitrogens with zero attached hydrogens (tertiary/aromatic N) is 1. The van der Waals surface area contributed by atoms with Crippen LogP contribution in [0.15, 0.2) is 40.2 Å². The zero-order valence-corrected chi connectivity index (χ0v) is 11.5. The van der Waals surface area contributed by atoms with Crippen molar-refractivity contribution in [2.75, 3.05) is 12.8 Å². The zero-order chi connectivity index (χ0) is 13.5. The van der Waals surface area contributed by atoms with Crippen LogP contribution >= 0.6 is 11.8 Å². The van der Waals surface area contributed by atoms with E-state index in [1.807, 2.05) is 13.2 Å². The van der Waals surface area contributed by atoms with Gasteiger partial charge in [-0.3, -0.25) is 0 Å². The van der Waals surface area contributed by atoms with Crippen LogP contribution in [0.5, 0.6) is 0 Å². The molecule has 1 rings (SSSR count). The van der Waals surface area contributed by atoms with E-state index in [4.69, 9.17) is 5.73 Å². The molecule has 0 fully saturated rings. The maximum atomic E-state index is 13.1. The molecule has 18 heavy (non-hydrogen) atoms. The Kier molecular flexibility index (Phi) is 5.71. The van der Waals surface area contributed by atoms with Gasteiger partial charge in [-0.2, -0.15) is 0 Å². The third kappa shape index (κ3) is 4.79. The second-order valence-electron chi connectivity index (χ2n) is 3.97. The summed E-state index contributed by atoms with van der Waals surface area (Å²) in [5.74, 6) is 0.0841. The van der Waals surface area contributed by atoms with Crippen molar-refractivity contribution < 1.29 is 4.39 Å². The summed E-state index contributed by atoms with van der Waals surface area (Å²) in [6.45, 7) is 6.62. The van der Waals surface area contributed by atoms with Crippen molar-refractivity contribution in [1.82, 2.24) is 5.32 Å². The number of benzene rings is 1. The number of thioether (sulfide) groups is 1. The monoisotopic (exact) mass is 267 g/mol. The molecule has 0 spiro atoms. The summed E-state index contributed by atoms with van der Waals surface area (Å²) in [4.78, 5) is 5.19. The topological polar surface area (TPSA) is 50.4 Å². The van der Waals surface area contributed by atoms with Gasteiger partial charge in [0.05, 0.1) is 6.54 Å². The maximum Gasteiger partial charge on any atom is 0.189 e. The Balaban J connectivity index is 2.69. The van der Waals surface area contributed by atoms with Crippen molar-refractivity contribution in [2.45, 2.75) is 18.4 Å². The molecule has 0 aromatic heterocycles. The molecule has 0 radical (unpaired) electrons. The average Bonchev–Trinajstić information content (AvgIpc) is 2.34. The molecule has 1 aromatic rings. The summed E-state index contributed by atoms with van der Waals surface area (Å²) in [5.41, 5.74) is 7.51. The lowest BCUT2D eigenvalue weighted by atomic mass is 10.2. The second-order valence-corrected chi connectivity index (χ2v) is 4.82. The smallest absolute Gasteiger partial charge is 0.189 e. The van der Waals surface area contributed by atoms with Crippen molar-refractivity contribution in [3.8, 4) is 0 Å². The lowest BCUT2D eigenvalue weighted by molar-refractivity contribution is 0.623. The van der Waals surface area contributed by atoms with E-state index >= 15 is 0 Å². The number of rotatable bonds is 5. The molecule has 0 unspecified atom stereocenters. The Hall–Kier alpha value is -1.49. The first-order chi connectivity index (χ1) is 8.52. The van der Waals surface area contributed by atoms with Crippen LogP contribution in [0.25, 0.3) is 0 Å². The van der Waals surface area contributed by atoms with E-state index in [1.54, 1.807) is 17.8 Å². The highest BCUT2D eigenvalue weighted by Crippen LogP contribution is 2.21. The molecule has 0 atom stereocenters. The van der Waals surface area contributed by atoms with Crippen LogP contribution in [0.3, 0.4) is 0 Å². The molecule has 0 amide bonds. The fraction of sp³-hybridized carbons (Fsp3) is 0.308. The fourth-order valence-electron chi connectivity index (χ4n) is 1.34. The average molecular weight is 267 g/mol. The van der Waals surface area contributed by atoms with Crippen molar-refractivity contribution in [3.63, 3.8) is 0 Å². The van der Waals surface area contributed by atoms with Gasteiger partial charge in [-0.15, -0.1) is 11.8 Å². The lowest BCUT2D eigenvalue weighted by Crippen LogP contribution is -2.32. The Morgan fingerprint density at radius 3 is 2.89 bits per heavy atom. The molecule has 3 N–H and O–H groups in total. The SMILES string of the molecule is C=C(C)CNC(N)=NCc1cc(F)ccc1SC. The summed E-state index contributed by atoms with van der Waals surface area (Å²) in [6.07, 6.45) is 1.95. The van der Waals surface area contributed by atoms with Gasteiger partial charge in [0.25, 0.3) is 0 Å². The maximum absolute atomic E-state index is 13.1. The quantitative estimate of drug-likeness (QED) is 0.373. The normalized spacial score (nSPS) is 11.4. The Morgan fingerprint density at radius 1 is 1.56 bits per heavy atom. The molecule has 0 heterocycles. The number of guanidine groups is 1. The van der Waals surface area contributed by atoms with Gasteiger partial charge in [-0.25, -0.2) is 9.38 Å². The third-order valence-corrected chi connectivity index (χ3v) is 3.07. The summed E-state index contributed by atoms with van der Waals surface area (Å²) in [6, 6.07) is 4.69. The minimum atomic E-state index is -0.258. The van der Waals surface area contributed by atoms with Crippen molar-refractivity contribution in [3.05, 3.63) is 41.7 Å². The number of nitrogens with one attached hydrogen (secondary N) is 1. The van der Waals surface area contributed by atoms with Gasteiger partial charge < -0.3 is 11.1 Å². The first kappa shape index (κ1) is 14.6. The summed E-state index contributed by atoms with van der Waals surface area (Å²) in [5, 5.41) is 2.93. The van der Waals surface area contributed by atoms with Crippen molar-refractivity contribution in [1.29, 1.82) is 0 Å². The molecule has 5 heteroatoms. The van der Waals surface area contributed by atoms with Gasteiger partial charge >= 0.3 is 0 Å². The molecule has 98 valence electrons. The van der Waals surface area contributed by atoms with Crippen LogP contribution in [0.1, 0.15) is 12.5 Å². The van der Waals surface area contributed by atoms with Crippen LogP contribution in [-0.2, 0) is 6.54 Å². The largest absolute Gasteiger partial charge is 0.370 e. The predicted molar refractivity (Wildman–Crippen MR) is 76.3 cm³/mol. The zero-order valence-electron chi connectivity index (χ0n) is 10.7. The highest BCUT2D eigenvalue weighted by Gasteiger charge is 2.03. The van der Waals surface area contributed by atoms with Gasteiger partial charge in [-0.1, -0.05) is 12.2 Å². The number of nitrogens with two attached hydrogens (primary N) is 1. The number of aliphatic imine (C=N–C) groups is 1. The van der Waals surface area contributed by atoms with Crippen LogP contribution in [0, 0.1) is 5.82 Å². The minimum Gasteiger partial charge on any atom is -0.370 e. The molecule has 0 aliphatic carbocycles. The number of hydrogen-bond donors (Lipinski definition) is 2. The minimum absolute atomic E-state index is 0.258. The van der Waals surface area contributed by atoms with Crippen molar-refractivity contribution in [2.24, 2.45) is 10.7 Å². The molecule has 0 saturated carbocycles. The van der Waals surface area contributed by atoms with Crippen LogP contribution in [-0.4, -0.2) is 18.8 Å². The molecule has 0 bridgehead atoms. The summed E-state index contributed by atoms with van der Waals surface area (Å²) >= 11 is 1.56. The van der Waals surface area contributed by atoms with Crippen LogP contribution in [0.4, 0.5) is 4.39 Å². The summed E-state index contributed by atoms with van der Waals surface area (Å²) < 4.78 is 13.1. The van der Waals surface area contributed by atoms with Crippen molar-refractivity contribution >= 4 is 17.7 Å². The first-order valence-corrected chi connectivity index (χ1v) is 6.76. The number of hydrogen-bond acceptors (Lipinski definition) is 2. The number of halogens is 1. The highest BCUT2D eigenvalue weighted by atomic mass is 32.2. The lowest BCUT2D eigenvalue weighted by Gasteiger charge is -2.07. The van der Waals surface area contributed by atoms with Gasteiger partial charge in [0.1, 0.15) is 5.82 Å². The molecular weight excluding hydrogens is 249 g/mol. The first-order valence-electron chi connectivity index (χ1n) is 5.53. The second kappa shape index (κ2) is 7.06. The van der Waals surface area contributed by atoms with Crippen LogP contribution in [0.2, 0.25) is 0 Å². The molecular formula is C13H18FN3S. The van der Waals surface area contributed by atoms with E-state index in [-0.39, 0.29) is 5.82 Å². The van der Waals surface area contributed by atoms with Gasteiger partial charge in [0, 0.05) is 11.4 Å². The van der Waals surface area contributed by atoms with E-state index in [1.165, 1.54) is 12.1 Å². The Labute approximate surface area is 111 Å². The fourth-order valence-corrected chi connectivity index (χ4v) is 1.93. The molecule has 3 nitrogen and oxygen atoms in total. The van der Waals surface area contributed by atoms with Gasteiger partial charge in [0.15, 0.2) is 5.96 Å². The van der Waals surface area contributed by atoms with Gasteiger partial charge in [-0.05, 0) is 36.9 Å². The Morgan fingerprint density at radius 2 is 2.28 bits per heavy atom. The Bertz CT molecular complexity index is 458. The highest BCUT2D eigenvalue weighted by molar-refractivity contribution is 7.98. The molecule has 1 aromatic carbocycles. The van der Waals surface area contributed by atoms with E-state index in [0.717, 1.165) is 16.0 Å². The van der Waals surface area contributed by atoms with Crippen LogP contribution < -0.4 is 11.1 Å². The standard InChI is InChI=1S/C13H18FN3S/c1-9(2)7-16-13(15)17-8-10-6-11(14)4-5-12(10)18-3/h4-6H,1,7-8H2,2-3H3,(H3,15,16,17). The van der Waals surface area contributed by atoms with E-state index < -0.39 is 0 Å². The molecule has 0 aliphatic heterocycles. The predicted octanol–water partition coefficient (Wildman–Crippen LogP) is 2.53. The van der Waals surface area contributed by atoms with E-state index in [2.05, 4.69) is 16.9 Å². The van der Waals surface area contributed by atoms with Gasteiger partial charge in [0.2, 0.25) is 0 Å². The molecule has 0 aliphatic rings.